The fraction of sp³-hybridized carbons (Fsp3) is 0.368. The molecule has 2 aromatic heterocycles. The van der Waals surface area contributed by atoms with Crippen LogP contribution in [0.15, 0.2) is 29.1 Å². The number of nitrogens with one attached hydrogen (secondary N) is 2. The number of ether oxygens (including phenoxy) is 1. The lowest BCUT2D eigenvalue weighted by atomic mass is 9.44. The van der Waals surface area contributed by atoms with Gasteiger partial charge in [-0.15, -0.1) is 11.3 Å². The van der Waals surface area contributed by atoms with Crippen LogP contribution in [0.4, 0.5) is 0 Å². The van der Waals surface area contributed by atoms with Crippen molar-refractivity contribution in [1.82, 2.24) is 15.3 Å². The van der Waals surface area contributed by atoms with Gasteiger partial charge in [-0.05, 0) is 37.3 Å². The Kier molecular flexibility index (Phi) is 3.72. The molecule has 6 rings (SSSR count). The lowest BCUT2D eigenvalue weighted by Gasteiger charge is -2.60. The summed E-state index contributed by atoms with van der Waals surface area (Å²) in [7, 11) is 0. The molecule has 0 unspecified atom stereocenters. The van der Waals surface area contributed by atoms with Gasteiger partial charge in [0.15, 0.2) is 0 Å². The van der Waals surface area contributed by atoms with Crippen molar-refractivity contribution in [3.05, 3.63) is 45.5 Å². The van der Waals surface area contributed by atoms with Gasteiger partial charge in [-0.2, -0.15) is 0 Å². The molecule has 0 spiro atoms. The fourth-order valence-electron chi connectivity index (χ4n) is 3.98. The number of halogens is 1. The van der Waals surface area contributed by atoms with Crippen LogP contribution in [-0.2, 0) is 17.9 Å². The Hall–Kier alpha value is -2.05. The Labute approximate surface area is 159 Å². The van der Waals surface area contributed by atoms with Crippen molar-refractivity contribution in [2.75, 3.05) is 0 Å². The smallest absolute Gasteiger partial charge is 0.226 e. The maximum absolute atomic E-state index is 12.3. The first-order chi connectivity index (χ1) is 12.6. The zero-order valence-electron chi connectivity index (χ0n) is 14.0. The highest BCUT2D eigenvalue weighted by Crippen LogP contribution is 2.64. The van der Waals surface area contributed by atoms with Crippen LogP contribution >= 0.6 is 22.9 Å². The summed E-state index contributed by atoms with van der Waals surface area (Å²) in [4.78, 5) is 19.9. The molecule has 0 atom stereocenters. The predicted octanol–water partition coefficient (Wildman–Crippen LogP) is 4.27. The summed E-state index contributed by atoms with van der Waals surface area (Å²) < 4.78 is 5.79. The molecule has 0 aliphatic heterocycles. The van der Waals surface area contributed by atoms with Crippen molar-refractivity contribution in [3.8, 4) is 5.75 Å². The van der Waals surface area contributed by atoms with Gasteiger partial charge in [0.1, 0.15) is 12.4 Å². The lowest BCUT2D eigenvalue weighted by molar-refractivity contribution is -0.165. The summed E-state index contributed by atoms with van der Waals surface area (Å²) in [6.45, 7) is 0.897. The highest BCUT2D eigenvalue weighted by molar-refractivity contribution is 7.07. The number of H-pyrrole nitrogens is 1. The summed E-state index contributed by atoms with van der Waals surface area (Å²) in [6.07, 6.45) is 3.21. The summed E-state index contributed by atoms with van der Waals surface area (Å²) in [5, 5.41) is 6.60. The molecule has 0 radical (unpaired) electrons. The Morgan fingerprint density at radius 3 is 2.92 bits per heavy atom. The van der Waals surface area contributed by atoms with Gasteiger partial charge in [-0.3, -0.25) is 4.79 Å². The van der Waals surface area contributed by atoms with Crippen molar-refractivity contribution >= 4 is 39.7 Å². The number of thiazole rings is 1. The van der Waals surface area contributed by atoms with Crippen LogP contribution in [0.5, 0.6) is 5.75 Å². The number of aromatic nitrogens is 2. The molecule has 5 nitrogen and oxygen atoms in total. The van der Waals surface area contributed by atoms with Crippen LogP contribution in [0.2, 0.25) is 5.02 Å². The third kappa shape index (κ3) is 2.68. The van der Waals surface area contributed by atoms with Crippen LogP contribution in [0.25, 0.3) is 10.9 Å². The molecule has 134 valence electrons. The van der Waals surface area contributed by atoms with Gasteiger partial charge in [-0.1, -0.05) is 11.6 Å². The molecule has 1 amide bonds. The number of fused-ring (bicyclic) bond motifs is 1. The third-order valence-electron chi connectivity index (χ3n) is 5.55. The summed E-state index contributed by atoms with van der Waals surface area (Å²) in [5.41, 5.74) is 4.53. The molecule has 3 aliphatic rings. The Morgan fingerprint density at radius 1 is 1.38 bits per heavy atom. The standard InChI is InChI=1S/C19H18ClN3O2S/c20-15-2-12-1-13(7-21-18(24)19-4-11(5-19)6-19)23-16(12)3-17(15)25-8-14-9-26-10-22-14/h1-3,9-11,23H,4-8H2,(H,21,24). The maximum Gasteiger partial charge on any atom is 0.226 e. The van der Waals surface area contributed by atoms with Crippen LogP contribution in [-0.4, -0.2) is 15.9 Å². The van der Waals surface area contributed by atoms with E-state index in [2.05, 4.69) is 15.3 Å². The topological polar surface area (TPSA) is 67.0 Å². The molecule has 3 fully saturated rings. The highest BCUT2D eigenvalue weighted by atomic mass is 35.5. The van der Waals surface area contributed by atoms with Gasteiger partial charge in [0.05, 0.1) is 22.8 Å². The Bertz CT molecular complexity index is 965. The number of aromatic amines is 1. The van der Waals surface area contributed by atoms with Crippen LogP contribution < -0.4 is 10.1 Å². The van der Waals surface area contributed by atoms with Gasteiger partial charge < -0.3 is 15.0 Å². The summed E-state index contributed by atoms with van der Waals surface area (Å²) in [6, 6.07) is 5.81. The average molecular weight is 388 g/mol. The van der Waals surface area contributed by atoms with Crippen molar-refractivity contribution < 1.29 is 9.53 Å². The van der Waals surface area contributed by atoms with Crippen LogP contribution in [0.1, 0.15) is 30.7 Å². The minimum absolute atomic E-state index is 0.0449. The van der Waals surface area contributed by atoms with Gasteiger partial charge in [0.2, 0.25) is 5.91 Å². The Balaban J connectivity index is 1.28. The number of amides is 1. The van der Waals surface area contributed by atoms with E-state index in [-0.39, 0.29) is 11.3 Å². The first kappa shape index (κ1) is 16.1. The quantitative estimate of drug-likeness (QED) is 0.663. The second kappa shape index (κ2) is 5.99. The van der Waals surface area contributed by atoms with Crippen LogP contribution in [0.3, 0.4) is 0 Å². The number of benzene rings is 1. The molecule has 26 heavy (non-hydrogen) atoms. The van der Waals surface area contributed by atoms with Gasteiger partial charge >= 0.3 is 0 Å². The Morgan fingerprint density at radius 2 is 2.23 bits per heavy atom. The monoisotopic (exact) mass is 387 g/mol. The molecule has 3 aromatic rings. The van der Waals surface area contributed by atoms with E-state index in [1.54, 1.807) is 5.51 Å². The van der Waals surface area contributed by atoms with E-state index >= 15 is 0 Å². The van der Waals surface area contributed by atoms with Crippen molar-refractivity contribution in [3.63, 3.8) is 0 Å². The molecule has 0 saturated heterocycles. The number of carbonyl (C=O) groups is 1. The molecule has 7 heteroatoms. The highest BCUT2D eigenvalue weighted by Gasteiger charge is 2.61. The second-order valence-electron chi connectivity index (χ2n) is 7.37. The zero-order chi connectivity index (χ0) is 17.7. The molecule has 3 saturated carbocycles. The van der Waals surface area contributed by atoms with E-state index in [0.717, 1.165) is 47.5 Å². The van der Waals surface area contributed by atoms with E-state index in [1.165, 1.54) is 11.3 Å². The van der Waals surface area contributed by atoms with Crippen molar-refractivity contribution in [2.24, 2.45) is 11.3 Å². The van der Waals surface area contributed by atoms with Gasteiger partial charge in [-0.25, -0.2) is 4.98 Å². The largest absolute Gasteiger partial charge is 0.486 e. The normalized spacial score (nSPS) is 23.3. The predicted molar refractivity (Wildman–Crippen MR) is 101 cm³/mol. The van der Waals surface area contributed by atoms with Gasteiger partial charge in [0, 0.05) is 33.5 Å². The molecular weight excluding hydrogens is 370 g/mol. The average Bonchev–Trinajstić information content (AvgIpc) is 3.16. The van der Waals surface area contributed by atoms with Crippen molar-refractivity contribution in [2.45, 2.75) is 32.4 Å². The SMILES string of the molecule is O=C(NCc1cc2cc(Cl)c(OCc3cscn3)cc2[nH]1)C12CC(C1)C2. The molecule has 2 heterocycles. The lowest BCUT2D eigenvalue weighted by Crippen LogP contribution is -2.60. The minimum atomic E-state index is -0.0449. The zero-order valence-corrected chi connectivity index (χ0v) is 15.6. The van der Waals surface area contributed by atoms with Gasteiger partial charge in [0.25, 0.3) is 0 Å². The number of hydrogen-bond acceptors (Lipinski definition) is 4. The number of hydrogen-bond donors (Lipinski definition) is 2. The molecular formula is C19H18ClN3O2S. The third-order valence-corrected chi connectivity index (χ3v) is 6.48. The number of nitrogens with zero attached hydrogens (tertiary/aromatic N) is 1. The maximum atomic E-state index is 12.3. The van der Waals surface area contributed by atoms with E-state index in [1.807, 2.05) is 23.6 Å². The fourth-order valence-corrected chi connectivity index (χ4v) is 4.75. The number of rotatable bonds is 6. The summed E-state index contributed by atoms with van der Waals surface area (Å²) in [5.74, 6) is 1.63. The molecule has 2 N–H and O–H groups in total. The van der Waals surface area contributed by atoms with E-state index in [9.17, 15) is 4.79 Å². The first-order valence-electron chi connectivity index (χ1n) is 8.71. The van der Waals surface area contributed by atoms with Crippen LogP contribution in [0, 0.1) is 11.3 Å². The second-order valence-corrected chi connectivity index (χ2v) is 8.50. The van der Waals surface area contributed by atoms with E-state index in [4.69, 9.17) is 16.3 Å². The molecule has 3 aliphatic carbocycles. The molecule has 1 aromatic carbocycles. The van der Waals surface area contributed by atoms with E-state index < -0.39 is 0 Å². The summed E-state index contributed by atoms with van der Waals surface area (Å²) >= 11 is 7.88. The minimum Gasteiger partial charge on any atom is -0.486 e. The van der Waals surface area contributed by atoms with Crippen molar-refractivity contribution in [1.29, 1.82) is 0 Å². The van der Waals surface area contributed by atoms with E-state index in [0.29, 0.717) is 23.9 Å². The first-order valence-corrected chi connectivity index (χ1v) is 10.0. The molecule has 2 bridgehead atoms. The number of carbonyl (C=O) groups excluding carboxylic acids is 1.